The van der Waals surface area contributed by atoms with E-state index in [1.807, 2.05) is 44.2 Å². The highest BCUT2D eigenvalue weighted by molar-refractivity contribution is 7.99. The fraction of sp³-hybridized carbons (Fsp3) is 0.310. The zero-order valence-electron chi connectivity index (χ0n) is 21.2. The molecule has 1 atom stereocenters. The monoisotopic (exact) mass is 610 g/mol. The SMILES string of the molecule is CC(C)CNC(=O)[C@H](Cc1ccccc1)N(Cc1c(Cl)cccc1Cl)C(=O)CSCc1c(Cl)cccc1Cl. The largest absolute Gasteiger partial charge is 0.354 e. The van der Waals surface area contributed by atoms with Gasteiger partial charge in [0.25, 0.3) is 0 Å². The lowest BCUT2D eigenvalue weighted by Gasteiger charge is -2.32. The molecule has 3 rings (SSSR count). The summed E-state index contributed by atoms with van der Waals surface area (Å²) in [5.74, 6) is 0.391. The molecule has 0 aliphatic rings. The number of nitrogens with one attached hydrogen (secondary N) is 1. The van der Waals surface area contributed by atoms with Gasteiger partial charge in [-0.2, -0.15) is 0 Å². The Hall–Kier alpha value is -1.89. The number of amides is 2. The minimum atomic E-state index is -0.763. The Balaban J connectivity index is 1.91. The maximum Gasteiger partial charge on any atom is 0.243 e. The molecule has 0 aliphatic heterocycles. The number of hydrogen-bond donors (Lipinski definition) is 1. The summed E-state index contributed by atoms with van der Waals surface area (Å²) in [6.45, 7) is 4.64. The van der Waals surface area contributed by atoms with Gasteiger partial charge in [0, 0.05) is 50.9 Å². The molecule has 9 heteroatoms. The van der Waals surface area contributed by atoms with E-state index in [9.17, 15) is 9.59 Å². The Morgan fingerprint density at radius 2 is 1.37 bits per heavy atom. The zero-order valence-corrected chi connectivity index (χ0v) is 25.1. The molecule has 0 unspecified atom stereocenters. The smallest absolute Gasteiger partial charge is 0.243 e. The summed E-state index contributed by atoms with van der Waals surface area (Å²) < 4.78 is 0. The number of halogens is 4. The van der Waals surface area contributed by atoms with Crippen LogP contribution < -0.4 is 5.32 Å². The first kappa shape index (κ1) is 30.6. The van der Waals surface area contributed by atoms with Crippen LogP contribution in [0.2, 0.25) is 20.1 Å². The highest BCUT2D eigenvalue weighted by Crippen LogP contribution is 2.30. The second kappa shape index (κ2) is 15.0. The van der Waals surface area contributed by atoms with Gasteiger partial charge in [-0.1, -0.05) is 103 Å². The molecule has 3 aromatic carbocycles. The van der Waals surface area contributed by atoms with E-state index in [2.05, 4.69) is 5.32 Å². The molecule has 202 valence electrons. The van der Waals surface area contributed by atoms with Crippen molar-refractivity contribution in [2.45, 2.75) is 38.6 Å². The van der Waals surface area contributed by atoms with Crippen molar-refractivity contribution in [2.75, 3.05) is 12.3 Å². The summed E-state index contributed by atoms with van der Waals surface area (Å²) in [5, 5.41) is 4.98. The first-order valence-electron chi connectivity index (χ1n) is 12.2. The van der Waals surface area contributed by atoms with Crippen LogP contribution in [0.25, 0.3) is 0 Å². The van der Waals surface area contributed by atoms with Gasteiger partial charge in [-0.25, -0.2) is 0 Å². The quantitative estimate of drug-likeness (QED) is 0.226. The van der Waals surface area contributed by atoms with Gasteiger partial charge in [-0.05, 0) is 41.3 Å². The van der Waals surface area contributed by atoms with Crippen LogP contribution in [0.1, 0.15) is 30.5 Å². The van der Waals surface area contributed by atoms with Gasteiger partial charge in [-0.3, -0.25) is 9.59 Å². The van der Waals surface area contributed by atoms with Crippen molar-refractivity contribution in [2.24, 2.45) is 5.92 Å². The number of rotatable bonds is 12. The lowest BCUT2D eigenvalue weighted by Crippen LogP contribution is -2.51. The highest BCUT2D eigenvalue weighted by atomic mass is 35.5. The average molecular weight is 612 g/mol. The maximum atomic E-state index is 13.8. The number of carbonyl (C=O) groups excluding carboxylic acids is 2. The van der Waals surface area contributed by atoms with Gasteiger partial charge in [0.1, 0.15) is 6.04 Å². The van der Waals surface area contributed by atoms with E-state index < -0.39 is 6.04 Å². The van der Waals surface area contributed by atoms with Crippen LogP contribution in [0.15, 0.2) is 66.7 Å². The summed E-state index contributed by atoms with van der Waals surface area (Å²) in [5.41, 5.74) is 2.30. The van der Waals surface area contributed by atoms with Crippen molar-refractivity contribution in [1.82, 2.24) is 10.2 Å². The highest BCUT2D eigenvalue weighted by Gasteiger charge is 2.31. The molecule has 2 amide bonds. The van der Waals surface area contributed by atoms with Crippen LogP contribution in [0, 0.1) is 5.92 Å². The Morgan fingerprint density at radius 1 is 0.816 bits per heavy atom. The molecule has 3 aromatic rings. The van der Waals surface area contributed by atoms with Gasteiger partial charge in [-0.15, -0.1) is 11.8 Å². The predicted octanol–water partition coefficient (Wildman–Crippen LogP) is 7.95. The minimum Gasteiger partial charge on any atom is -0.354 e. The molecular weight excluding hydrogens is 582 g/mol. The van der Waals surface area contributed by atoms with E-state index in [4.69, 9.17) is 46.4 Å². The molecule has 0 saturated carbocycles. The molecule has 0 spiro atoms. The summed E-state index contributed by atoms with van der Waals surface area (Å²) in [4.78, 5) is 28.9. The van der Waals surface area contributed by atoms with Crippen molar-refractivity contribution in [3.63, 3.8) is 0 Å². The van der Waals surface area contributed by atoms with Crippen LogP contribution >= 0.6 is 58.2 Å². The summed E-state index contributed by atoms with van der Waals surface area (Å²) in [7, 11) is 0. The summed E-state index contributed by atoms with van der Waals surface area (Å²) >= 11 is 27.0. The van der Waals surface area contributed by atoms with Crippen molar-refractivity contribution < 1.29 is 9.59 Å². The number of nitrogens with zero attached hydrogens (tertiary/aromatic N) is 1. The molecule has 1 N–H and O–H groups in total. The number of benzene rings is 3. The molecule has 0 aromatic heterocycles. The van der Waals surface area contributed by atoms with Crippen molar-refractivity contribution >= 4 is 70.0 Å². The van der Waals surface area contributed by atoms with Crippen LogP contribution in [-0.4, -0.2) is 35.1 Å². The van der Waals surface area contributed by atoms with Gasteiger partial charge in [0.2, 0.25) is 11.8 Å². The van der Waals surface area contributed by atoms with E-state index in [-0.39, 0.29) is 30.0 Å². The molecule has 0 heterocycles. The van der Waals surface area contributed by atoms with E-state index in [1.165, 1.54) is 11.8 Å². The van der Waals surface area contributed by atoms with E-state index in [0.29, 0.717) is 44.4 Å². The molecule has 0 fully saturated rings. The third-order valence-electron chi connectivity index (χ3n) is 5.88. The van der Waals surface area contributed by atoms with Crippen LogP contribution in [0.5, 0.6) is 0 Å². The number of thioether (sulfide) groups is 1. The molecule has 0 aliphatic carbocycles. The van der Waals surface area contributed by atoms with Crippen LogP contribution in [-0.2, 0) is 28.3 Å². The Kier molecular flexibility index (Phi) is 12.1. The minimum absolute atomic E-state index is 0.0946. The Bertz CT molecular complexity index is 1200. The van der Waals surface area contributed by atoms with Gasteiger partial charge in [0.15, 0.2) is 0 Å². The van der Waals surface area contributed by atoms with Crippen molar-refractivity contribution in [3.8, 4) is 0 Å². The summed E-state index contributed by atoms with van der Waals surface area (Å²) in [6, 6.07) is 19.4. The number of hydrogen-bond acceptors (Lipinski definition) is 3. The topological polar surface area (TPSA) is 49.4 Å². The van der Waals surface area contributed by atoms with Crippen LogP contribution in [0.4, 0.5) is 0 Å². The fourth-order valence-corrected chi connectivity index (χ4v) is 5.99. The third-order valence-corrected chi connectivity index (χ3v) is 8.24. The standard InChI is InChI=1S/C29H30Cl4N2O2S/c1-19(2)15-34-29(37)27(14-20-8-4-3-5-9-20)35(16-21-23(30)10-6-11-24(21)31)28(36)18-38-17-22-25(32)12-7-13-26(22)33/h3-13,19,27H,14-18H2,1-2H3,(H,34,37)/t27-/m0/s1. The Labute approximate surface area is 249 Å². The van der Waals surface area contributed by atoms with E-state index >= 15 is 0 Å². The lowest BCUT2D eigenvalue weighted by molar-refractivity contribution is -0.139. The molecule has 4 nitrogen and oxygen atoms in total. The van der Waals surface area contributed by atoms with Gasteiger partial charge >= 0.3 is 0 Å². The van der Waals surface area contributed by atoms with E-state index in [1.54, 1.807) is 41.3 Å². The molecule has 0 bridgehead atoms. The average Bonchev–Trinajstić information content (AvgIpc) is 2.88. The molecule has 38 heavy (non-hydrogen) atoms. The Morgan fingerprint density at radius 3 is 1.92 bits per heavy atom. The molecule has 0 radical (unpaired) electrons. The first-order chi connectivity index (χ1) is 18.2. The zero-order chi connectivity index (χ0) is 27.7. The number of carbonyl (C=O) groups is 2. The van der Waals surface area contributed by atoms with Crippen LogP contribution in [0.3, 0.4) is 0 Å². The second-order valence-corrected chi connectivity index (χ2v) is 11.9. The molecular formula is C29H30Cl4N2O2S. The lowest BCUT2D eigenvalue weighted by atomic mass is 10.0. The second-order valence-electron chi connectivity index (χ2n) is 9.26. The normalized spacial score (nSPS) is 11.9. The third kappa shape index (κ3) is 8.82. The van der Waals surface area contributed by atoms with Gasteiger partial charge < -0.3 is 10.2 Å². The van der Waals surface area contributed by atoms with Crippen molar-refractivity contribution in [3.05, 3.63) is 104 Å². The van der Waals surface area contributed by atoms with Gasteiger partial charge in [0.05, 0.1) is 5.75 Å². The maximum absolute atomic E-state index is 13.8. The summed E-state index contributed by atoms with van der Waals surface area (Å²) in [6.07, 6.45) is 0.347. The van der Waals surface area contributed by atoms with E-state index in [0.717, 1.165) is 11.1 Å². The fourth-order valence-electron chi connectivity index (χ4n) is 3.82. The predicted molar refractivity (Wildman–Crippen MR) is 161 cm³/mol. The first-order valence-corrected chi connectivity index (χ1v) is 14.9. The molecule has 0 saturated heterocycles. The van der Waals surface area contributed by atoms with Crippen molar-refractivity contribution in [1.29, 1.82) is 0 Å².